The Morgan fingerprint density at radius 2 is 1.84 bits per heavy atom. The van der Waals surface area contributed by atoms with Gasteiger partial charge in [0.05, 0.1) is 6.61 Å². The largest absolute Gasteiger partial charge is 0.451 e. The van der Waals surface area contributed by atoms with Gasteiger partial charge in [0.25, 0.3) is 0 Å². The maximum atomic E-state index is 11.1. The average molecular weight is 268 g/mol. The fraction of sp³-hybridized carbons (Fsp3) is 0.857. The zero-order chi connectivity index (χ0) is 14.7. The third-order valence-electron chi connectivity index (χ3n) is 3.34. The molecule has 1 saturated heterocycles. The minimum Gasteiger partial charge on any atom is -0.451 e. The minimum atomic E-state index is -0.806. The van der Waals surface area contributed by atoms with E-state index >= 15 is 0 Å². The molecule has 1 fully saturated rings. The lowest BCUT2D eigenvalue weighted by Crippen LogP contribution is -2.62. The predicted octanol–water partition coefficient (Wildman–Crippen LogP) is 2.42. The molecule has 0 atom stereocenters. The number of hydrogen-bond donors (Lipinski definition) is 0. The third kappa shape index (κ3) is 3.92. The monoisotopic (exact) mass is 268 g/mol. The summed E-state index contributed by atoms with van der Waals surface area (Å²) < 4.78 is 5.18. The van der Waals surface area contributed by atoms with Crippen molar-refractivity contribution in [1.82, 2.24) is 5.06 Å². The number of esters is 1. The van der Waals surface area contributed by atoms with Crippen LogP contribution < -0.4 is 0 Å². The highest BCUT2D eigenvalue weighted by atomic mass is 16.7. The number of piperidine rings is 1. The van der Waals surface area contributed by atoms with Crippen LogP contribution in [0.5, 0.6) is 0 Å². The molecular formula is C14H24N2O3. The standard InChI is InChI=1S/C14H24N2O3/c1-6-7-18-16-13(2,3)8-11(9-14(16,4)5)19-12(17)10-15/h11H,6-9H2,1-5H3. The summed E-state index contributed by atoms with van der Waals surface area (Å²) in [7, 11) is 0. The van der Waals surface area contributed by atoms with E-state index in [0.29, 0.717) is 19.4 Å². The van der Waals surface area contributed by atoms with Crippen molar-refractivity contribution < 1.29 is 14.4 Å². The van der Waals surface area contributed by atoms with Crippen LogP contribution in [0.25, 0.3) is 0 Å². The molecule has 108 valence electrons. The van der Waals surface area contributed by atoms with Gasteiger partial charge in [-0.05, 0) is 34.1 Å². The van der Waals surface area contributed by atoms with Gasteiger partial charge in [0.2, 0.25) is 0 Å². The van der Waals surface area contributed by atoms with Crippen molar-refractivity contribution in [3.63, 3.8) is 0 Å². The first kappa shape index (κ1) is 15.9. The molecule has 1 aliphatic rings. The molecule has 0 unspecified atom stereocenters. The minimum absolute atomic E-state index is 0.237. The molecule has 5 heteroatoms. The van der Waals surface area contributed by atoms with Crippen molar-refractivity contribution >= 4 is 5.97 Å². The van der Waals surface area contributed by atoms with Gasteiger partial charge in [0.15, 0.2) is 6.07 Å². The Balaban J connectivity index is 2.81. The van der Waals surface area contributed by atoms with Gasteiger partial charge in [-0.25, -0.2) is 4.79 Å². The van der Waals surface area contributed by atoms with Crippen LogP contribution in [0, 0.1) is 11.3 Å². The van der Waals surface area contributed by atoms with E-state index < -0.39 is 5.97 Å². The Kier molecular flexibility index (Phi) is 4.94. The summed E-state index contributed by atoms with van der Waals surface area (Å²) in [4.78, 5) is 17.0. The first-order valence-electron chi connectivity index (χ1n) is 6.77. The van der Waals surface area contributed by atoms with Crippen molar-refractivity contribution in [1.29, 1.82) is 5.26 Å². The van der Waals surface area contributed by atoms with Crippen LogP contribution in [0.1, 0.15) is 53.9 Å². The van der Waals surface area contributed by atoms with Crippen molar-refractivity contribution in [2.75, 3.05) is 6.61 Å². The van der Waals surface area contributed by atoms with Crippen LogP contribution in [-0.4, -0.2) is 34.8 Å². The summed E-state index contributed by atoms with van der Waals surface area (Å²) in [5.41, 5.74) is -0.478. The van der Waals surface area contributed by atoms with Crippen molar-refractivity contribution in [2.45, 2.75) is 71.1 Å². The van der Waals surface area contributed by atoms with Crippen LogP contribution in [-0.2, 0) is 14.4 Å². The number of carbonyl (C=O) groups excluding carboxylic acids is 1. The quantitative estimate of drug-likeness (QED) is 0.579. The first-order valence-corrected chi connectivity index (χ1v) is 6.77. The van der Waals surface area contributed by atoms with Crippen molar-refractivity contribution in [3.8, 4) is 6.07 Å². The van der Waals surface area contributed by atoms with Gasteiger partial charge in [-0.2, -0.15) is 10.3 Å². The molecule has 0 aromatic heterocycles. The molecule has 0 radical (unpaired) electrons. The van der Waals surface area contributed by atoms with E-state index in [1.54, 1.807) is 0 Å². The van der Waals surface area contributed by atoms with Crippen molar-refractivity contribution in [3.05, 3.63) is 0 Å². The van der Waals surface area contributed by atoms with Crippen LogP contribution in [0.15, 0.2) is 0 Å². The lowest BCUT2D eigenvalue weighted by atomic mass is 9.80. The van der Waals surface area contributed by atoms with Crippen LogP contribution in [0.4, 0.5) is 0 Å². The van der Waals surface area contributed by atoms with E-state index in [0.717, 1.165) is 6.42 Å². The summed E-state index contributed by atoms with van der Waals surface area (Å²) in [6.07, 6.45) is 2.04. The fourth-order valence-corrected chi connectivity index (χ4v) is 2.96. The molecule has 19 heavy (non-hydrogen) atoms. The average Bonchev–Trinajstić information content (AvgIpc) is 2.25. The Bertz CT molecular complexity index is 353. The van der Waals surface area contributed by atoms with Crippen LogP contribution in [0.3, 0.4) is 0 Å². The predicted molar refractivity (Wildman–Crippen MR) is 71.0 cm³/mol. The normalized spacial score (nSPS) is 22.7. The molecule has 0 amide bonds. The molecule has 5 nitrogen and oxygen atoms in total. The van der Waals surface area contributed by atoms with E-state index in [-0.39, 0.29) is 17.2 Å². The number of nitriles is 1. The molecule has 1 heterocycles. The van der Waals surface area contributed by atoms with Gasteiger partial charge in [-0.3, -0.25) is 4.84 Å². The molecule has 0 aromatic carbocycles. The smallest absolute Gasteiger partial charge is 0.411 e. The molecular weight excluding hydrogens is 244 g/mol. The molecule has 0 aliphatic carbocycles. The molecule has 0 aromatic rings. The second-order valence-electron chi connectivity index (χ2n) is 6.30. The number of carbonyl (C=O) groups is 1. The van der Waals surface area contributed by atoms with Gasteiger partial charge in [-0.15, -0.1) is 0 Å². The van der Waals surface area contributed by atoms with Crippen molar-refractivity contribution in [2.24, 2.45) is 0 Å². The highest BCUT2D eigenvalue weighted by molar-refractivity contribution is 5.85. The summed E-state index contributed by atoms with van der Waals surface area (Å²) in [6.45, 7) is 11.0. The number of hydroxylamine groups is 2. The summed E-state index contributed by atoms with van der Waals surface area (Å²) >= 11 is 0. The topological polar surface area (TPSA) is 62.6 Å². The Labute approximate surface area is 115 Å². The number of ether oxygens (including phenoxy) is 1. The maximum absolute atomic E-state index is 11.1. The zero-order valence-electron chi connectivity index (χ0n) is 12.5. The SMILES string of the molecule is CCCON1C(C)(C)CC(OC(=O)C#N)CC1(C)C. The zero-order valence-corrected chi connectivity index (χ0v) is 12.5. The van der Waals surface area contributed by atoms with E-state index in [2.05, 4.69) is 34.6 Å². The van der Waals surface area contributed by atoms with Crippen LogP contribution >= 0.6 is 0 Å². The van der Waals surface area contributed by atoms with E-state index in [4.69, 9.17) is 14.8 Å². The van der Waals surface area contributed by atoms with E-state index in [1.165, 1.54) is 6.07 Å². The third-order valence-corrected chi connectivity index (χ3v) is 3.34. The molecule has 1 aliphatic heterocycles. The molecule has 0 bridgehead atoms. The van der Waals surface area contributed by atoms with Gasteiger partial charge < -0.3 is 4.74 Å². The Hall–Kier alpha value is -1.12. The molecule has 0 saturated carbocycles. The van der Waals surface area contributed by atoms with Gasteiger partial charge >= 0.3 is 5.97 Å². The highest BCUT2D eigenvalue weighted by Crippen LogP contribution is 2.39. The number of rotatable bonds is 4. The Morgan fingerprint density at radius 3 is 2.26 bits per heavy atom. The van der Waals surface area contributed by atoms with Gasteiger partial charge in [0.1, 0.15) is 6.10 Å². The lowest BCUT2D eigenvalue weighted by Gasteiger charge is -2.53. The summed E-state index contributed by atoms with van der Waals surface area (Å²) in [6, 6.07) is 1.51. The summed E-state index contributed by atoms with van der Waals surface area (Å²) in [5.74, 6) is -0.806. The lowest BCUT2D eigenvalue weighted by molar-refractivity contribution is -0.292. The number of hydrogen-bond acceptors (Lipinski definition) is 5. The second-order valence-corrected chi connectivity index (χ2v) is 6.30. The second kappa shape index (κ2) is 5.89. The van der Waals surface area contributed by atoms with Crippen LogP contribution in [0.2, 0.25) is 0 Å². The van der Waals surface area contributed by atoms with E-state index in [9.17, 15) is 4.79 Å². The maximum Gasteiger partial charge on any atom is 0.411 e. The fourth-order valence-electron chi connectivity index (χ4n) is 2.96. The van der Waals surface area contributed by atoms with Gasteiger partial charge in [-0.1, -0.05) is 6.92 Å². The molecule has 0 N–H and O–H groups in total. The van der Waals surface area contributed by atoms with E-state index in [1.807, 2.05) is 5.06 Å². The number of nitrogens with zero attached hydrogens (tertiary/aromatic N) is 2. The first-order chi connectivity index (χ1) is 8.73. The molecule has 0 spiro atoms. The molecule has 1 rings (SSSR count). The summed E-state index contributed by atoms with van der Waals surface area (Å²) in [5, 5.41) is 10.5. The Morgan fingerprint density at radius 1 is 1.32 bits per heavy atom. The highest BCUT2D eigenvalue weighted by Gasteiger charge is 2.47. The van der Waals surface area contributed by atoms with Gasteiger partial charge in [0, 0.05) is 23.9 Å².